The molecule has 26 heavy (non-hydrogen) atoms. The van der Waals surface area contributed by atoms with Gasteiger partial charge in [0.2, 0.25) is 5.91 Å². The van der Waals surface area contributed by atoms with Crippen molar-refractivity contribution in [3.63, 3.8) is 0 Å². The number of nitrogens with one attached hydrogen (secondary N) is 1. The predicted molar refractivity (Wildman–Crippen MR) is 95.1 cm³/mol. The molecule has 2 N–H and O–H groups in total. The van der Waals surface area contributed by atoms with Gasteiger partial charge in [0.1, 0.15) is 29.5 Å². The monoisotopic (exact) mass is 352 g/mol. The quantitative estimate of drug-likeness (QED) is 0.749. The molecule has 134 valence electrons. The van der Waals surface area contributed by atoms with E-state index < -0.39 is 6.10 Å². The van der Waals surface area contributed by atoms with Crippen LogP contribution in [0.4, 0.5) is 0 Å². The van der Waals surface area contributed by atoms with Gasteiger partial charge < -0.3 is 19.6 Å². The number of aromatic nitrogens is 4. The van der Waals surface area contributed by atoms with Gasteiger partial charge in [0.05, 0.1) is 23.8 Å². The average Bonchev–Trinajstić information content (AvgIpc) is 3.25. The van der Waals surface area contributed by atoms with E-state index in [-0.39, 0.29) is 18.4 Å². The summed E-state index contributed by atoms with van der Waals surface area (Å²) in [5.74, 6) is 0.434. The van der Waals surface area contributed by atoms with Crippen LogP contribution in [0.3, 0.4) is 0 Å². The lowest BCUT2D eigenvalue weighted by molar-refractivity contribution is -0.131. The van der Waals surface area contributed by atoms with Crippen molar-refractivity contribution < 1.29 is 9.90 Å². The molecule has 1 aliphatic rings. The maximum Gasteiger partial charge on any atom is 0.236 e. The van der Waals surface area contributed by atoms with Gasteiger partial charge in [-0.2, -0.15) is 5.26 Å². The zero-order valence-electron chi connectivity index (χ0n) is 14.5. The minimum absolute atomic E-state index is 0.00138. The molecule has 1 aliphatic heterocycles. The van der Waals surface area contributed by atoms with Crippen LogP contribution in [0.2, 0.25) is 0 Å². The second-order valence-corrected chi connectivity index (χ2v) is 6.72. The maximum atomic E-state index is 12.2. The first kappa shape index (κ1) is 16.5. The molecule has 1 amide bonds. The lowest BCUT2D eigenvalue weighted by Gasteiger charge is -2.34. The van der Waals surface area contributed by atoms with E-state index >= 15 is 0 Å². The van der Waals surface area contributed by atoms with Crippen LogP contribution in [0.1, 0.15) is 44.2 Å². The van der Waals surface area contributed by atoms with E-state index in [1.165, 1.54) is 0 Å². The molecule has 0 aromatic carbocycles. The van der Waals surface area contributed by atoms with E-state index in [1.807, 2.05) is 18.3 Å². The Hall–Kier alpha value is -2.92. The van der Waals surface area contributed by atoms with Gasteiger partial charge >= 0.3 is 0 Å². The third-order valence-corrected chi connectivity index (χ3v) is 4.98. The van der Waals surface area contributed by atoms with Crippen LogP contribution in [0.25, 0.3) is 22.1 Å². The van der Waals surface area contributed by atoms with Crippen molar-refractivity contribution in [1.29, 1.82) is 5.26 Å². The SMILES string of the molecule is C[C@@H](O)c1nc2cnc3[nH]ccc3c2n1[C@@H]1CCCN(C(=O)CC#N)C1. The fraction of sp³-hybridized carbons (Fsp3) is 0.444. The van der Waals surface area contributed by atoms with Crippen LogP contribution in [0.15, 0.2) is 18.5 Å². The van der Waals surface area contributed by atoms with Crippen LogP contribution < -0.4 is 0 Å². The number of hydrogen-bond donors (Lipinski definition) is 2. The molecule has 0 saturated carbocycles. The Balaban J connectivity index is 1.84. The summed E-state index contributed by atoms with van der Waals surface area (Å²) < 4.78 is 2.06. The molecule has 4 rings (SSSR count). The zero-order chi connectivity index (χ0) is 18.3. The number of fused-ring (bicyclic) bond motifs is 3. The van der Waals surface area contributed by atoms with Crippen LogP contribution in [0.5, 0.6) is 0 Å². The van der Waals surface area contributed by atoms with Crippen molar-refractivity contribution in [2.75, 3.05) is 13.1 Å². The number of pyridine rings is 1. The Morgan fingerprint density at radius 3 is 3.19 bits per heavy atom. The van der Waals surface area contributed by atoms with Crippen molar-refractivity contribution in [2.45, 2.75) is 38.3 Å². The van der Waals surface area contributed by atoms with E-state index in [1.54, 1.807) is 18.0 Å². The second-order valence-electron chi connectivity index (χ2n) is 6.72. The lowest BCUT2D eigenvalue weighted by atomic mass is 10.0. The van der Waals surface area contributed by atoms with Gasteiger partial charge in [0.15, 0.2) is 0 Å². The number of carbonyl (C=O) groups is 1. The summed E-state index contributed by atoms with van der Waals surface area (Å²) in [6.07, 6.45) is 4.43. The number of carbonyl (C=O) groups excluding carboxylic acids is 1. The molecular formula is C18H20N6O2. The van der Waals surface area contributed by atoms with Gasteiger partial charge in [0.25, 0.3) is 0 Å². The van der Waals surface area contributed by atoms with Crippen LogP contribution in [-0.2, 0) is 4.79 Å². The molecule has 1 fully saturated rings. The molecule has 8 heteroatoms. The zero-order valence-corrected chi connectivity index (χ0v) is 14.5. The van der Waals surface area contributed by atoms with E-state index in [0.717, 1.165) is 34.9 Å². The fourth-order valence-corrected chi connectivity index (χ4v) is 3.85. The number of piperidine rings is 1. The largest absolute Gasteiger partial charge is 0.385 e. The number of H-pyrrole nitrogens is 1. The smallest absolute Gasteiger partial charge is 0.236 e. The predicted octanol–water partition coefficient (Wildman–Crippen LogP) is 2.04. The number of nitrogens with zero attached hydrogens (tertiary/aromatic N) is 5. The minimum atomic E-state index is -0.735. The van der Waals surface area contributed by atoms with Crippen molar-refractivity contribution in [1.82, 2.24) is 24.4 Å². The standard InChI is InChI=1S/C18H20N6O2/c1-11(25)18-22-14-9-21-17-13(5-7-20-17)16(14)24(18)12-3-2-8-23(10-12)15(26)4-6-19/h5,7,9,11-12,25H,2-4,8,10H2,1H3,(H,20,21)/t11-,12-/m1/s1. The summed E-state index contributed by atoms with van der Waals surface area (Å²) in [4.78, 5) is 26.0. The van der Waals surface area contributed by atoms with Crippen molar-refractivity contribution in [3.05, 3.63) is 24.3 Å². The average molecular weight is 352 g/mol. The number of likely N-dealkylation sites (tertiary alicyclic amines) is 1. The highest BCUT2D eigenvalue weighted by molar-refractivity contribution is 6.01. The Bertz CT molecular complexity index is 1010. The molecule has 0 unspecified atom stereocenters. The molecule has 0 spiro atoms. The summed E-state index contributed by atoms with van der Waals surface area (Å²) in [5, 5.41) is 20.0. The lowest BCUT2D eigenvalue weighted by Crippen LogP contribution is -2.40. The molecule has 0 aliphatic carbocycles. The highest BCUT2D eigenvalue weighted by Gasteiger charge is 2.29. The van der Waals surface area contributed by atoms with Crippen molar-refractivity contribution in [2.24, 2.45) is 0 Å². The second kappa shape index (κ2) is 6.42. The highest BCUT2D eigenvalue weighted by Crippen LogP contribution is 2.33. The van der Waals surface area contributed by atoms with Gasteiger partial charge in [-0.1, -0.05) is 0 Å². The van der Waals surface area contributed by atoms with Crippen LogP contribution >= 0.6 is 0 Å². The third-order valence-electron chi connectivity index (χ3n) is 4.98. The van der Waals surface area contributed by atoms with E-state index in [0.29, 0.717) is 18.9 Å². The number of imidazole rings is 1. The first-order valence-electron chi connectivity index (χ1n) is 8.77. The minimum Gasteiger partial charge on any atom is -0.385 e. The molecule has 1 saturated heterocycles. The highest BCUT2D eigenvalue weighted by atomic mass is 16.3. The number of aromatic amines is 1. The number of amides is 1. The van der Waals surface area contributed by atoms with E-state index in [2.05, 4.69) is 19.5 Å². The number of rotatable bonds is 3. The Morgan fingerprint density at radius 2 is 2.42 bits per heavy atom. The number of aliphatic hydroxyl groups excluding tert-OH is 1. The fourth-order valence-electron chi connectivity index (χ4n) is 3.85. The molecule has 8 nitrogen and oxygen atoms in total. The number of aliphatic hydroxyl groups is 1. The first-order valence-corrected chi connectivity index (χ1v) is 8.77. The molecule has 3 aromatic rings. The first-order chi connectivity index (χ1) is 12.6. The summed E-state index contributed by atoms with van der Waals surface area (Å²) in [7, 11) is 0. The van der Waals surface area contributed by atoms with Gasteiger partial charge in [0, 0.05) is 24.7 Å². The number of nitriles is 1. The summed E-state index contributed by atoms with van der Waals surface area (Å²) in [6.45, 7) is 2.87. The molecule has 0 bridgehead atoms. The van der Waals surface area contributed by atoms with Gasteiger partial charge in [-0.25, -0.2) is 9.97 Å². The maximum absolute atomic E-state index is 12.2. The summed E-state index contributed by atoms with van der Waals surface area (Å²) in [6, 6.07) is 3.89. The molecular weight excluding hydrogens is 332 g/mol. The molecule has 2 atom stereocenters. The van der Waals surface area contributed by atoms with Crippen molar-refractivity contribution >= 4 is 28.0 Å². The third kappa shape index (κ3) is 2.61. The Kier molecular flexibility index (Phi) is 4.09. The van der Waals surface area contributed by atoms with Gasteiger partial charge in [-0.05, 0) is 25.8 Å². The molecule has 4 heterocycles. The molecule has 3 aromatic heterocycles. The normalized spacial score (nSPS) is 19.0. The van der Waals surface area contributed by atoms with E-state index in [4.69, 9.17) is 5.26 Å². The van der Waals surface area contributed by atoms with E-state index in [9.17, 15) is 9.90 Å². The van der Waals surface area contributed by atoms with Crippen molar-refractivity contribution in [3.8, 4) is 6.07 Å². The summed E-state index contributed by atoms with van der Waals surface area (Å²) in [5.41, 5.74) is 2.42. The number of hydrogen-bond acceptors (Lipinski definition) is 5. The van der Waals surface area contributed by atoms with Crippen LogP contribution in [-0.4, -0.2) is 48.5 Å². The Labute approximate surface area is 150 Å². The summed E-state index contributed by atoms with van der Waals surface area (Å²) >= 11 is 0. The topological polar surface area (TPSA) is 111 Å². The van der Waals surface area contributed by atoms with Gasteiger partial charge in [-0.15, -0.1) is 0 Å². The molecule has 0 radical (unpaired) electrons. The van der Waals surface area contributed by atoms with Gasteiger partial charge in [-0.3, -0.25) is 4.79 Å². The Morgan fingerprint density at radius 1 is 1.58 bits per heavy atom. The van der Waals surface area contributed by atoms with Crippen LogP contribution in [0, 0.1) is 11.3 Å².